The molecule has 12 aromatic carbocycles. The van der Waals surface area contributed by atoms with Crippen molar-refractivity contribution in [2.24, 2.45) is 0 Å². The van der Waals surface area contributed by atoms with Crippen molar-refractivity contribution < 1.29 is 0 Å². The van der Waals surface area contributed by atoms with Gasteiger partial charge in [-0.05, 0) is 185 Å². The number of allylic oxidation sites excluding steroid dienone is 14. The van der Waals surface area contributed by atoms with Gasteiger partial charge in [0.05, 0.1) is 0 Å². The van der Waals surface area contributed by atoms with Crippen molar-refractivity contribution in [2.45, 2.75) is 27.7 Å². The normalized spacial score (nSPS) is 13.8. The molecule has 0 aliphatic heterocycles. The maximum atomic E-state index is 2.44. The van der Waals surface area contributed by atoms with Crippen LogP contribution in [0.25, 0.3) is 64.2 Å². The number of benzene rings is 12. The molecule has 2 heteroatoms. The Morgan fingerprint density at radius 1 is 0.208 bits per heavy atom. The second-order valence-corrected chi connectivity index (χ2v) is 26.4. The van der Waals surface area contributed by atoms with Crippen LogP contribution in [0.2, 0.25) is 0 Å². The minimum atomic E-state index is 1.13. The summed E-state index contributed by atoms with van der Waals surface area (Å²) in [5, 5.41) is 0. The highest BCUT2D eigenvalue weighted by molar-refractivity contribution is 8.21. The van der Waals surface area contributed by atoms with E-state index in [9.17, 15) is 0 Å². The van der Waals surface area contributed by atoms with Gasteiger partial charge in [-0.25, -0.2) is 0 Å². The van der Waals surface area contributed by atoms with Crippen LogP contribution in [0.3, 0.4) is 0 Å². The summed E-state index contributed by atoms with van der Waals surface area (Å²) >= 11 is 3.73. The summed E-state index contributed by atoms with van der Waals surface area (Å²) < 4.78 is 0. The van der Waals surface area contributed by atoms with E-state index in [1.807, 2.05) is 23.5 Å². The number of rotatable bonds is 18. The van der Waals surface area contributed by atoms with Crippen LogP contribution in [0.4, 0.5) is 0 Å². The molecule has 0 N–H and O–H groups in total. The first-order valence-electron chi connectivity index (χ1n) is 33.0. The Morgan fingerprint density at radius 3 is 0.604 bits per heavy atom. The number of thioether (sulfide) groups is 2. The Morgan fingerprint density at radius 2 is 0.396 bits per heavy atom. The molecule has 0 heterocycles. The van der Waals surface area contributed by atoms with Gasteiger partial charge >= 0.3 is 0 Å². The lowest BCUT2D eigenvalue weighted by atomic mass is 9.89. The van der Waals surface area contributed by atoms with E-state index in [1.54, 1.807) is 0 Å². The van der Waals surface area contributed by atoms with Gasteiger partial charge in [-0.1, -0.05) is 375 Å². The molecule has 2 aliphatic carbocycles. The summed E-state index contributed by atoms with van der Waals surface area (Å²) in [6, 6.07) is 124. The average Bonchev–Trinajstić information content (AvgIpc) is 1.59. The SMILES string of the molecule is Cc1cccc(C)c1/C(=C\C=C1C(c2ccccc2)=C(c2ccccc2)C(c2ccccc2)=C1c1ccccc1)S/C(=C(\S/C(=C/C=C1C(c2ccccc2)=C(c2ccccc2)C(c2ccccc2)=C1c1ccccc1)c1c(C)cccc1C)c1ccccc1)c1ccccc1. The maximum absolute atomic E-state index is 2.44. The molecule has 0 saturated heterocycles. The van der Waals surface area contributed by atoms with Crippen LogP contribution >= 0.6 is 23.5 Å². The highest BCUT2D eigenvalue weighted by atomic mass is 32.2. The third-order valence-electron chi connectivity index (χ3n) is 18.0. The largest absolute Gasteiger partial charge is 0.0876 e. The van der Waals surface area contributed by atoms with E-state index < -0.39 is 0 Å². The molecule has 0 spiro atoms. The summed E-state index contributed by atoms with van der Waals surface area (Å²) in [5.41, 5.74) is 30.8. The van der Waals surface area contributed by atoms with E-state index in [2.05, 4.69) is 392 Å². The van der Waals surface area contributed by atoms with Crippen molar-refractivity contribution in [3.05, 3.63) is 464 Å². The maximum Gasteiger partial charge on any atom is 0.0340 e. The van der Waals surface area contributed by atoms with Crippen molar-refractivity contribution in [2.75, 3.05) is 0 Å². The average molecular weight is 1270 g/mol. The van der Waals surface area contributed by atoms with E-state index in [-0.39, 0.29) is 0 Å². The van der Waals surface area contributed by atoms with Gasteiger partial charge in [-0.3, -0.25) is 0 Å². The molecule has 12 aromatic rings. The Kier molecular flexibility index (Phi) is 18.9. The Balaban J connectivity index is 1.05. The third kappa shape index (κ3) is 13.0. The van der Waals surface area contributed by atoms with Crippen LogP contribution in [0.15, 0.2) is 375 Å². The van der Waals surface area contributed by atoms with Gasteiger partial charge in [0.15, 0.2) is 0 Å². The van der Waals surface area contributed by atoms with Crippen LogP contribution in [0, 0.1) is 27.7 Å². The molecule has 0 fully saturated rings. The van der Waals surface area contributed by atoms with E-state index in [0.29, 0.717) is 0 Å². The minimum Gasteiger partial charge on any atom is -0.0876 e. The zero-order chi connectivity index (χ0) is 65.2. The van der Waals surface area contributed by atoms with Crippen molar-refractivity contribution in [1.82, 2.24) is 0 Å². The van der Waals surface area contributed by atoms with Crippen molar-refractivity contribution in [1.29, 1.82) is 0 Å². The van der Waals surface area contributed by atoms with Gasteiger partial charge in [0.1, 0.15) is 0 Å². The standard InChI is InChI=1S/C94H72S2/c1-65-37-35-38-66(2)83(65)81(63-61-79-85(69-41-15-5-16-42-69)89(73-49-23-9-24-50-73)90(74-51-25-10-26-52-74)86(79)70-43-17-6-18-44-70)95-93(77-57-31-13-32-58-77)94(78-59-33-14-34-60-78)96-82(84-67(3)39-36-40-68(84)4)64-62-80-87(71-45-19-7-20-46-71)91(75-53-27-11-28-54-75)92(76-55-29-12-30-56-76)88(80)72-47-21-8-22-48-72/h5-64H,1-4H3/b81-63+,82-64+,94-93-. The molecule has 0 aromatic heterocycles. The molecule has 0 atom stereocenters. The van der Waals surface area contributed by atoms with Crippen LogP contribution in [0.5, 0.6) is 0 Å². The monoisotopic (exact) mass is 1260 g/mol. The minimum absolute atomic E-state index is 1.13. The fraction of sp³-hybridized carbons (Fsp3) is 0.0426. The first-order valence-corrected chi connectivity index (χ1v) is 34.6. The molecule has 460 valence electrons. The summed E-state index contributed by atoms with van der Waals surface area (Å²) in [5.74, 6) is 0. The fourth-order valence-corrected chi connectivity index (χ4v) is 16.5. The van der Waals surface area contributed by atoms with Gasteiger partial charge in [0, 0.05) is 19.6 Å². The first-order chi connectivity index (χ1) is 47.4. The Labute approximate surface area is 575 Å². The highest BCUT2D eigenvalue weighted by Crippen LogP contribution is 2.58. The molecule has 14 rings (SSSR count). The predicted molar refractivity (Wildman–Crippen MR) is 418 cm³/mol. The Bertz CT molecular complexity index is 4500. The van der Waals surface area contributed by atoms with Crippen molar-refractivity contribution >= 4 is 87.7 Å². The van der Waals surface area contributed by atoms with E-state index in [0.717, 1.165) is 64.1 Å². The predicted octanol–water partition coefficient (Wildman–Crippen LogP) is 25.6. The summed E-state index contributed by atoms with van der Waals surface area (Å²) in [4.78, 5) is 4.58. The number of aryl methyl sites for hydroxylation is 4. The van der Waals surface area contributed by atoms with Gasteiger partial charge in [-0.2, -0.15) is 0 Å². The lowest BCUT2D eigenvalue weighted by Gasteiger charge is -2.22. The fourth-order valence-electron chi connectivity index (χ4n) is 13.7. The lowest BCUT2D eigenvalue weighted by molar-refractivity contribution is 1.35. The highest BCUT2D eigenvalue weighted by Gasteiger charge is 2.35. The third-order valence-corrected chi connectivity index (χ3v) is 20.6. The lowest BCUT2D eigenvalue weighted by Crippen LogP contribution is -1.96. The van der Waals surface area contributed by atoms with Crippen molar-refractivity contribution in [3.63, 3.8) is 0 Å². The summed E-state index contributed by atoms with van der Waals surface area (Å²) in [7, 11) is 0. The number of hydrogen-bond donors (Lipinski definition) is 0. The second-order valence-electron chi connectivity index (χ2n) is 24.3. The van der Waals surface area contributed by atoms with Crippen molar-refractivity contribution in [3.8, 4) is 0 Å². The smallest absolute Gasteiger partial charge is 0.0340 e. The quantitative estimate of drug-likeness (QED) is 0.0786. The van der Waals surface area contributed by atoms with E-state index in [4.69, 9.17) is 0 Å². The molecule has 0 saturated carbocycles. The second kappa shape index (κ2) is 29.1. The topological polar surface area (TPSA) is 0 Å². The Hall–Kier alpha value is -11.0. The molecular weight excluding hydrogens is 1190 g/mol. The molecule has 0 unspecified atom stereocenters. The number of hydrogen-bond acceptors (Lipinski definition) is 2. The van der Waals surface area contributed by atoms with Gasteiger partial charge in [0.25, 0.3) is 0 Å². The molecular formula is C94H72S2. The molecule has 0 bridgehead atoms. The van der Waals surface area contributed by atoms with Crippen LogP contribution < -0.4 is 0 Å². The molecule has 0 amide bonds. The van der Waals surface area contributed by atoms with Crippen LogP contribution in [0.1, 0.15) is 89.0 Å². The summed E-state index contributed by atoms with van der Waals surface area (Å²) in [6.45, 7) is 9.07. The molecule has 0 nitrogen and oxygen atoms in total. The van der Waals surface area contributed by atoms with E-state index in [1.165, 1.54) is 100 Å². The van der Waals surface area contributed by atoms with Crippen LogP contribution in [-0.2, 0) is 0 Å². The molecule has 96 heavy (non-hydrogen) atoms. The molecule has 0 radical (unpaired) electrons. The zero-order valence-electron chi connectivity index (χ0n) is 54.5. The van der Waals surface area contributed by atoms with Gasteiger partial charge in [-0.15, -0.1) is 0 Å². The molecule has 2 aliphatic rings. The van der Waals surface area contributed by atoms with E-state index >= 15 is 0 Å². The summed E-state index contributed by atoms with van der Waals surface area (Å²) in [6.07, 6.45) is 9.75. The van der Waals surface area contributed by atoms with Gasteiger partial charge in [0.2, 0.25) is 0 Å². The van der Waals surface area contributed by atoms with Gasteiger partial charge < -0.3 is 0 Å². The van der Waals surface area contributed by atoms with Crippen LogP contribution in [-0.4, -0.2) is 0 Å². The first kappa shape index (κ1) is 62.4. The zero-order valence-corrected chi connectivity index (χ0v) is 56.1.